The number of hydrogen-bond acceptors (Lipinski definition) is 4. The van der Waals surface area contributed by atoms with E-state index in [1.54, 1.807) is 0 Å². The molecule has 5 heteroatoms. The predicted molar refractivity (Wildman–Crippen MR) is 80.5 cm³/mol. The fourth-order valence-corrected chi connectivity index (χ4v) is 2.67. The highest BCUT2D eigenvalue weighted by molar-refractivity contribution is 5.98. The van der Waals surface area contributed by atoms with Crippen molar-refractivity contribution in [2.75, 3.05) is 18.1 Å². The van der Waals surface area contributed by atoms with Gasteiger partial charge >= 0.3 is 0 Å². The Labute approximate surface area is 120 Å². The number of hydrogen-bond donors (Lipinski definition) is 2. The highest BCUT2D eigenvalue weighted by Crippen LogP contribution is 2.25. The Morgan fingerprint density at radius 1 is 1.55 bits per heavy atom. The third kappa shape index (κ3) is 2.88. The molecule has 1 aliphatic heterocycles. The van der Waals surface area contributed by atoms with E-state index in [4.69, 9.17) is 15.7 Å². The van der Waals surface area contributed by atoms with E-state index in [1.165, 1.54) is 5.69 Å². The van der Waals surface area contributed by atoms with Crippen LogP contribution in [0.3, 0.4) is 0 Å². The number of morpholine rings is 1. The van der Waals surface area contributed by atoms with E-state index in [0.29, 0.717) is 6.04 Å². The van der Waals surface area contributed by atoms with Gasteiger partial charge in [0.25, 0.3) is 0 Å². The van der Waals surface area contributed by atoms with Crippen molar-refractivity contribution < 1.29 is 9.94 Å². The number of amidine groups is 1. The van der Waals surface area contributed by atoms with Crippen LogP contribution in [0.15, 0.2) is 23.4 Å². The molecule has 0 spiro atoms. The molecule has 0 saturated carbocycles. The Morgan fingerprint density at radius 2 is 2.30 bits per heavy atom. The number of nitrogens with zero attached hydrogens (tertiary/aromatic N) is 2. The number of ether oxygens (including phenoxy) is 1. The maximum atomic E-state index is 8.78. The molecule has 1 aromatic carbocycles. The lowest BCUT2D eigenvalue weighted by Gasteiger charge is -2.40. The summed E-state index contributed by atoms with van der Waals surface area (Å²) in [5.74, 6) is 0.149. The number of anilines is 1. The monoisotopic (exact) mass is 277 g/mol. The maximum absolute atomic E-state index is 8.78. The average Bonchev–Trinajstić information content (AvgIpc) is 2.46. The van der Waals surface area contributed by atoms with E-state index in [9.17, 15) is 0 Å². The van der Waals surface area contributed by atoms with Gasteiger partial charge in [-0.2, -0.15) is 0 Å². The van der Waals surface area contributed by atoms with Crippen molar-refractivity contribution in [1.29, 1.82) is 0 Å². The SMILES string of the molecule is CCC1COC(C)CN1c1ccc(/C(N)=N/O)c(C)c1. The van der Waals surface area contributed by atoms with E-state index >= 15 is 0 Å². The summed E-state index contributed by atoms with van der Waals surface area (Å²) in [6.07, 6.45) is 1.29. The average molecular weight is 277 g/mol. The van der Waals surface area contributed by atoms with Crippen LogP contribution in [-0.4, -0.2) is 36.3 Å². The molecule has 0 bridgehead atoms. The van der Waals surface area contributed by atoms with Gasteiger partial charge in [-0.1, -0.05) is 12.1 Å². The second-order valence-corrected chi connectivity index (χ2v) is 5.34. The normalized spacial score (nSPS) is 23.9. The molecule has 2 rings (SSSR count). The quantitative estimate of drug-likeness (QED) is 0.384. The molecule has 0 aliphatic carbocycles. The van der Waals surface area contributed by atoms with E-state index in [1.807, 2.05) is 19.1 Å². The molecule has 1 aliphatic rings. The second kappa shape index (κ2) is 6.13. The molecule has 2 unspecified atom stereocenters. The zero-order valence-electron chi connectivity index (χ0n) is 12.3. The first-order chi connectivity index (χ1) is 9.56. The third-order valence-corrected chi connectivity index (χ3v) is 3.86. The van der Waals surface area contributed by atoms with Crippen LogP contribution in [0.1, 0.15) is 31.4 Å². The fraction of sp³-hybridized carbons (Fsp3) is 0.533. The van der Waals surface area contributed by atoms with Crippen molar-refractivity contribution in [2.24, 2.45) is 10.9 Å². The van der Waals surface area contributed by atoms with Gasteiger partial charge in [0, 0.05) is 17.8 Å². The van der Waals surface area contributed by atoms with Gasteiger partial charge in [-0.25, -0.2) is 0 Å². The number of rotatable bonds is 3. The lowest BCUT2D eigenvalue weighted by Crippen LogP contribution is -2.48. The van der Waals surface area contributed by atoms with Gasteiger partial charge in [0.1, 0.15) is 0 Å². The molecule has 3 N–H and O–H groups in total. The summed E-state index contributed by atoms with van der Waals surface area (Å²) < 4.78 is 5.73. The summed E-state index contributed by atoms with van der Waals surface area (Å²) >= 11 is 0. The summed E-state index contributed by atoms with van der Waals surface area (Å²) in [6.45, 7) is 7.90. The van der Waals surface area contributed by atoms with Crippen molar-refractivity contribution >= 4 is 11.5 Å². The van der Waals surface area contributed by atoms with E-state index < -0.39 is 0 Å². The standard InChI is InChI=1S/C15H23N3O2/c1-4-12-9-20-11(3)8-18(12)13-5-6-14(10(2)7-13)15(16)17-19/h5-7,11-12,19H,4,8-9H2,1-3H3,(H2,16,17). The molecule has 20 heavy (non-hydrogen) atoms. The van der Waals surface area contributed by atoms with Gasteiger partial charge in [0.05, 0.1) is 18.8 Å². The first-order valence-electron chi connectivity index (χ1n) is 7.03. The Bertz CT molecular complexity index is 502. The number of oxime groups is 1. The molecule has 5 nitrogen and oxygen atoms in total. The summed E-state index contributed by atoms with van der Waals surface area (Å²) in [7, 11) is 0. The van der Waals surface area contributed by atoms with Gasteiger partial charge < -0.3 is 20.6 Å². The Morgan fingerprint density at radius 3 is 2.90 bits per heavy atom. The van der Waals surface area contributed by atoms with Gasteiger partial charge in [-0.3, -0.25) is 0 Å². The molecule has 2 atom stereocenters. The molecule has 0 amide bonds. The highest BCUT2D eigenvalue weighted by atomic mass is 16.5. The highest BCUT2D eigenvalue weighted by Gasteiger charge is 2.26. The van der Waals surface area contributed by atoms with Crippen LogP contribution in [0.25, 0.3) is 0 Å². The zero-order chi connectivity index (χ0) is 14.7. The van der Waals surface area contributed by atoms with Crippen LogP contribution in [0.2, 0.25) is 0 Å². The summed E-state index contributed by atoms with van der Waals surface area (Å²) in [5.41, 5.74) is 8.61. The number of nitrogens with two attached hydrogens (primary N) is 1. The smallest absolute Gasteiger partial charge is 0.170 e. The van der Waals surface area contributed by atoms with Crippen LogP contribution in [-0.2, 0) is 4.74 Å². The lowest BCUT2D eigenvalue weighted by molar-refractivity contribution is 0.0299. The minimum absolute atomic E-state index is 0.149. The van der Waals surface area contributed by atoms with Crippen LogP contribution >= 0.6 is 0 Å². The number of aryl methyl sites for hydroxylation is 1. The topological polar surface area (TPSA) is 71.1 Å². The first-order valence-corrected chi connectivity index (χ1v) is 7.03. The Hall–Kier alpha value is -1.75. The second-order valence-electron chi connectivity index (χ2n) is 5.34. The van der Waals surface area contributed by atoms with Crippen LogP contribution in [0.5, 0.6) is 0 Å². The zero-order valence-corrected chi connectivity index (χ0v) is 12.3. The summed E-state index contributed by atoms with van der Waals surface area (Å²) in [5, 5.41) is 11.8. The Balaban J connectivity index is 2.30. The first kappa shape index (κ1) is 14.7. The van der Waals surface area contributed by atoms with Gasteiger partial charge in [-0.05, 0) is 44.0 Å². The van der Waals surface area contributed by atoms with E-state index in [2.05, 4.69) is 30.0 Å². The number of benzene rings is 1. The molecular weight excluding hydrogens is 254 g/mol. The van der Waals surface area contributed by atoms with Crippen LogP contribution < -0.4 is 10.6 Å². The molecule has 1 saturated heterocycles. The van der Waals surface area contributed by atoms with Crippen molar-refractivity contribution in [1.82, 2.24) is 0 Å². The van der Waals surface area contributed by atoms with E-state index in [0.717, 1.165) is 30.7 Å². The molecule has 1 aromatic rings. The molecule has 0 radical (unpaired) electrons. The summed E-state index contributed by atoms with van der Waals surface area (Å²) in [6, 6.07) is 6.43. The molecule has 0 aromatic heterocycles. The van der Waals surface area contributed by atoms with Gasteiger partial charge in [0.15, 0.2) is 5.84 Å². The van der Waals surface area contributed by atoms with Crippen LogP contribution in [0, 0.1) is 6.92 Å². The largest absolute Gasteiger partial charge is 0.409 e. The van der Waals surface area contributed by atoms with Crippen molar-refractivity contribution in [3.63, 3.8) is 0 Å². The summed E-state index contributed by atoms with van der Waals surface area (Å²) in [4.78, 5) is 2.39. The third-order valence-electron chi connectivity index (χ3n) is 3.86. The molecule has 110 valence electrons. The molecule has 1 heterocycles. The van der Waals surface area contributed by atoms with Crippen molar-refractivity contribution in [3.05, 3.63) is 29.3 Å². The van der Waals surface area contributed by atoms with Crippen molar-refractivity contribution in [2.45, 2.75) is 39.3 Å². The predicted octanol–water partition coefficient (Wildman–Crippen LogP) is 2.09. The van der Waals surface area contributed by atoms with Crippen LogP contribution in [0.4, 0.5) is 5.69 Å². The minimum atomic E-state index is 0.149. The van der Waals surface area contributed by atoms with Gasteiger partial charge in [-0.15, -0.1) is 0 Å². The van der Waals surface area contributed by atoms with Gasteiger partial charge in [0.2, 0.25) is 0 Å². The fourth-order valence-electron chi connectivity index (χ4n) is 2.67. The minimum Gasteiger partial charge on any atom is -0.409 e. The molecule has 1 fully saturated rings. The van der Waals surface area contributed by atoms with Crippen molar-refractivity contribution in [3.8, 4) is 0 Å². The maximum Gasteiger partial charge on any atom is 0.170 e. The lowest BCUT2D eigenvalue weighted by atomic mass is 10.0. The van der Waals surface area contributed by atoms with E-state index in [-0.39, 0.29) is 11.9 Å². The molecular formula is C15H23N3O2. The Kier molecular flexibility index (Phi) is 4.49.